The summed E-state index contributed by atoms with van der Waals surface area (Å²) in [5.41, 5.74) is 0.407. The summed E-state index contributed by atoms with van der Waals surface area (Å²) in [6, 6.07) is 0. The summed E-state index contributed by atoms with van der Waals surface area (Å²) in [6.45, 7) is 8.72. The van der Waals surface area contributed by atoms with Crippen molar-refractivity contribution in [3.8, 4) is 0 Å². The molecule has 0 aromatic carbocycles. The highest BCUT2D eigenvalue weighted by atomic mass is 16.5. The average Bonchev–Trinajstić information content (AvgIpc) is 2.55. The van der Waals surface area contributed by atoms with E-state index < -0.39 is 0 Å². The largest absolute Gasteiger partial charge is 0.379 e. The molecular formula is C9H18N2O. The lowest BCUT2D eigenvalue weighted by molar-refractivity contribution is -0.00942. The van der Waals surface area contributed by atoms with Gasteiger partial charge in [-0.25, -0.2) is 0 Å². The first kappa shape index (κ1) is 8.48. The molecule has 3 nitrogen and oxygen atoms in total. The molecule has 2 saturated heterocycles. The van der Waals surface area contributed by atoms with Crippen LogP contribution in [-0.4, -0.2) is 49.8 Å². The van der Waals surface area contributed by atoms with Crippen LogP contribution in [0.4, 0.5) is 0 Å². The first-order chi connectivity index (χ1) is 5.81. The highest BCUT2D eigenvalue weighted by molar-refractivity contribution is 4.94. The topological polar surface area (TPSA) is 24.5 Å². The molecule has 1 atom stereocenters. The first-order valence-corrected chi connectivity index (χ1v) is 4.85. The molecule has 0 spiro atoms. The standard InChI is InChI=1S/C9H18N2O/c1-9(2-3-10-8-9)11-4-6-12-7-5-11/h10H,2-8H2,1H3. The van der Waals surface area contributed by atoms with Crippen LogP contribution in [0.5, 0.6) is 0 Å². The number of rotatable bonds is 1. The van der Waals surface area contributed by atoms with Crippen molar-refractivity contribution < 1.29 is 4.74 Å². The van der Waals surface area contributed by atoms with Crippen LogP contribution in [0.15, 0.2) is 0 Å². The van der Waals surface area contributed by atoms with Crippen molar-refractivity contribution >= 4 is 0 Å². The van der Waals surface area contributed by atoms with Crippen molar-refractivity contribution in [1.82, 2.24) is 10.2 Å². The van der Waals surface area contributed by atoms with Gasteiger partial charge < -0.3 is 10.1 Å². The van der Waals surface area contributed by atoms with Gasteiger partial charge >= 0.3 is 0 Å². The average molecular weight is 170 g/mol. The van der Waals surface area contributed by atoms with E-state index in [0.29, 0.717) is 5.54 Å². The summed E-state index contributed by atoms with van der Waals surface area (Å²) in [6.07, 6.45) is 1.28. The zero-order chi connectivity index (χ0) is 8.44. The van der Waals surface area contributed by atoms with Crippen LogP contribution in [-0.2, 0) is 4.74 Å². The molecule has 2 fully saturated rings. The van der Waals surface area contributed by atoms with Crippen molar-refractivity contribution in [1.29, 1.82) is 0 Å². The number of ether oxygens (including phenoxy) is 1. The summed E-state index contributed by atoms with van der Waals surface area (Å²) in [7, 11) is 0. The van der Waals surface area contributed by atoms with Crippen LogP contribution >= 0.6 is 0 Å². The molecule has 2 aliphatic heterocycles. The zero-order valence-corrected chi connectivity index (χ0v) is 7.81. The van der Waals surface area contributed by atoms with E-state index in [0.717, 1.165) is 32.8 Å². The summed E-state index contributed by atoms with van der Waals surface area (Å²) < 4.78 is 5.34. The van der Waals surface area contributed by atoms with E-state index in [1.54, 1.807) is 0 Å². The Labute approximate surface area is 74.1 Å². The fourth-order valence-corrected chi connectivity index (χ4v) is 2.18. The number of nitrogens with zero attached hydrogens (tertiary/aromatic N) is 1. The fourth-order valence-electron chi connectivity index (χ4n) is 2.18. The van der Waals surface area contributed by atoms with Crippen LogP contribution in [0.25, 0.3) is 0 Å². The highest BCUT2D eigenvalue weighted by Crippen LogP contribution is 2.23. The Hall–Kier alpha value is -0.120. The maximum Gasteiger partial charge on any atom is 0.0594 e. The van der Waals surface area contributed by atoms with Crippen molar-refractivity contribution in [2.24, 2.45) is 0 Å². The number of nitrogens with one attached hydrogen (secondary N) is 1. The summed E-state index contributed by atoms with van der Waals surface area (Å²) in [5.74, 6) is 0. The molecule has 0 bridgehead atoms. The Bertz CT molecular complexity index is 149. The third-order valence-corrected chi connectivity index (χ3v) is 3.12. The molecule has 0 aliphatic carbocycles. The molecular weight excluding hydrogens is 152 g/mol. The van der Waals surface area contributed by atoms with Crippen molar-refractivity contribution in [3.63, 3.8) is 0 Å². The Morgan fingerprint density at radius 2 is 2.08 bits per heavy atom. The molecule has 0 aromatic rings. The lowest BCUT2D eigenvalue weighted by Gasteiger charge is -2.40. The smallest absolute Gasteiger partial charge is 0.0594 e. The fraction of sp³-hybridized carbons (Fsp3) is 1.00. The van der Waals surface area contributed by atoms with Gasteiger partial charge in [-0.3, -0.25) is 4.90 Å². The summed E-state index contributed by atoms with van der Waals surface area (Å²) in [5, 5.41) is 3.43. The minimum absolute atomic E-state index is 0.407. The third-order valence-electron chi connectivity index (χ3n) is 3.12. The second-order valence-corrected chi connectivity index (χ2v) is 4.02. The Morgan fingerprint density at radius 1 is 1.33 bits per heavy atom. The molecule has 12 heavy (non-hydrogen) atoms. The van der Waals surface area contributed by atoms with E-state index in [-0.39, 0.29) is 0 Å². The minimum Gasteiger partial charge on any atom is -0.379 e. The Kier molecular flexibility index (Phi) is 2.35. The van der Waals surface area contributed by atoms with Gasteiger partial charge in [0.2, 0.25) is 0 Å². The predicted octanol–water partition coefficient (Wildman–Crippen LogP) is 0.0706. The van der Waals surface area contributed by atoms with Crippen LogP contribution < -0.4 is 5.32 Å². The Balaban J connectivity index is 1.96. The van der Waals surface area contributed by atoms with Gasteiger partial charge in [-0.15, -0.1) is 0 Å². The quantitative estimate of drug-likeness (QED) is 0.603. The van der Waals surface area contributed by atoms with E-state index >= 15 is 0 Å². The van der Waals surface area contributed by atoms with E-state index in [1.165, 1.54) is 13.0 Å². The van der Waals surface area contributed by atoms with Gasteiger partial charge in [0.05, 0.1) is 13.2 Å². The van der Waals surface area contributed by atoms with Crippen LogP contribution in [0.2, 0.25) is 0 Å². The monoisotopic (exact) mass is 170 g/mol. The second kappa shape index (κ2) is 3.32. The van der Waals surface area contributed by atoms with E-state index in [4.69, 9.17) is 4.74 Å². The maximum atomic E-state index is 5.34. The van der Waals surface area contributed by atoms with E-state index in [9.17, 15) is 0 Å². The molecule has 2 heterocycles. The van der Waals surface area contributed by atoms with Gasteiger partial charge in [-0.1, -0.05) is 0 Å². The molecule has 1 N–H and O–H groups in total. The lowest BCUT2D eigenvalue weighted by atomic mass is 9.98. The van der Waals surface area contributed by atoms with Gasteiger partial charge in [-0.2, -0.15) is 0 Å². The van der Waals surface area contributed by atoms with Gasteiger partial charge in [0, 0.05) is 25.2 Å². The van der Waals surface area contributed by atoms with E-state index in [2.05, 4.69) is 17.1 Å². The minimum atomic E-state index is 0.407. The predicted molar refractivity (Wildman–Crippen MR) is 48.3 cm³/mol. The molecule has 2 rings (SSSR count). The van der Waals surface area contributed by atoms with Gasteiger partial charge in [0.25, 0.3) is 0 Å². The number of hydrogen-bond acceptors (Lipinski definition) is 3. The first-order valence-electron chi connectivity index (χ1n) is 4.85. The van der Waals surface area contributed by atoms with Crippen molar-refractivity contribution in [2.75, 3.05) is 39.4 Å². The normalized spacial score (nSPS) is 38.8. The Morgan fingerprint density at radius 3 is 2.67 bits per heavy atom. The molecule has 0 aromatic heterocycles. The van der Waals surface area contributed by atoms with Gasteiger partial charge in [0.1, 0.15) is 0 Å². The zero-order valence-electron chi connectivity index (χ0n) is 7.81. The number of morpholine rings is 1. The van der Waals surface area contributed by atoms with Crippen LogP contribution in [0.3, 0.4) is 0 Å². The number of hydrogen-bond donors (Lipinski definition) is 1. The second-order valence-electron chi connectivity index (χ2n) is 4.02. The van der Waals surface area contributed by atoms with Crippen LogP contribution in [0.1, 0.15) is 13.3 Å². The molecule has 1 unspecified atom stereocenters. The van der Waals surface area contributed by atoms with Gasteiger partial charge in [0.15, 0.2) is 0 Å². The van der Waals surface area contributed by atoms with Crippen LogP contribution in [0, 0.1) is 0 Å². The molecule has 0 amide bonds. The molecule has 2 aliphatic rings. The maximum absolute atomic E-state index is 5.34. The SMILES string of the molecule is CC1(N2CCOCC2)CCNC1. The summed E-state index contributed by atoms with van der Waals surface area (Å²) in [4.78, 5) is 2.57. The third kappa shape index (κ3) is 1.49. The summed E-state index contributed by atoms with van der Waals surface area (Å²) >= 11 is 0. The lowest BCUT2D eigenvalue weighted by Crippen LogP contribution is -2.52. The molecule has 0 radical (unpaired) electrons. The molecule has 0 saturated carbocycles. The highest BCUT2D eigenvalue weighted by Gasteiger charge is 2.35. The van der Waals surface area contributed by atoms with Gasteiger partial charge in [-0.05, 0) is 19.9 Å². The van der Waals surface area contributed by atoms with Crippen molar-refractivity contribution in [3.05, 3.63) is 0 Å². The molecule has 3 heteroatoms. The van der Waals surface area contributed by atoms with Crippen molar-refractivity contribution in [2.45, 2.75) is 18.9 Å². The molecule has 70 valence electrons. The van der Waals surface area contributed by atoms with E-state index in [1.807, 2.05) is 0 Å².